The van der Waals surface area contributed by atoms with Crippen LogP contribution in [0.4, 0.5) is 5.69 Å². The lowest BCUT2D eigenvalue weighted by Crippen LogP contribution is -2.42. The van der Waals surface area contributed by atoms with Crippen molar-refractivity contribution in [3.05, 3.63) is 100 Å². The number of hydrogen-bond donors (Lipinski definition) is 1. The summed E-state index contributed by atoms with van der Waals surface area (Å²) < 4.78 is 21.6. The normalized spacial score (nSPS) is 21.0. The van der Waals surface area contributed by atoms with E-state index in [4.69, 9.17) is 16.3 Å². The molecule has 5 rings (SSSR count). The van der Waals surface area contributed by atoms with Crippen LogP contribution in [0, 0.1) is 11.8 Å². The molecule has 1 saturated carbocycles. The van der Waals surface area contributed by atoms with E-state index in [0.29, 0.717) is 29.9 Å². The fourth-order valence-electron chi connectivity index (χ4n) is 6.67. The summed E-state index contributed by atoms with van der Waals surface area (Å²) in [5, 5.41) is 0.587. The van der Waals surface area contributed by atoms with Crippen molar-refractivity contribution in [1.29, 1.82) is 0 Å². The smallest absolute Gasteiger partial charge is 0.263 e. The van der Waals surface area contributed by atoms with Gasteiger partial charge in [0.25, 0.3) is 5.91 Å². The van der Waals surface area contributed by atoms with Gasteiger partial charge in [-0.2, -0.15) is 0 Å². The Hall–Kier alpha value is -3.16. The maximum atomic E-state index is 13.2. The molecule has 1 amide bonds. The Morgan fingerprint density at radius 2 is 1.93 bits per heavy atom. The summed E-state index contributed by atoms with van der Waals surface area (Å²) in [4.78, 5) is 19.9. The van der Waals surface area contributed by atoms with Crippen molar-refractivity contribution < 1.29 is 13.7 Å². The number of aryl methyl sites for hydroxylation is 1. The third-order valence-electron chi connectivity index (χ3n) is 9.19. The van der Waals surface area contributed by atoms with Crippen LogP contribution >= 0.6 is 11.6 Å². The molecule has 2 heterocycles. The van der Waals surface area contributed by atoms with Gasteiger partial charge in [0.1, 0.15) is 16.7 Å². The lowest BCUT2D eigenvalue weighted by Gasteiger charge is -2.44. The zero-order chi connectivity index (χ0) is 31.9. The van der Waals surface area contributed by atoms with Crippen LogP contribution < -0.4 is 14.4 Å². The summed E-state index contributed by atoms with van der Waals surface area (Å²) in [6, 6.07) is 16.1. The van der Waals surface area contributed by atoms with Crippen LogP contribution in [0.3, 0.4) is 0 Å². The Morgan fingerprint density at radius 1 is 1.13 bits per heavy atom. The highest BCUT2D eigenvalue weighted by Gasteiger charge is 2.39. The van der Waals surface area contributed by atoms with Gasteiger partial charge < -0.3 is 9.64 Å². The first-order valence-corrected chi connectivity index (χ1v) is 18.0. The molecule has 1 aliphatic carbocycles. The van der Waals surface area contributed by atoms with Gasteiger partial charge >= 0.3 is 0 Å². The van der Waals surface area contributed by atoms with E-state index in [-0.39, 0.29) is 17.1 Å². The number of carbonyl (C=O) groups excluding carboxylic acids is 1. The average molecular weight is 648 g/mol. The number of pyridine rings is 1. The second kappa shape index (κ2) is 15.4. The van der Waals surface area contributed by atoms with E-state index in [9.17, 15) is 9.00 Å². The number of anilines is 1. The zero-order valence-corrected chi connectivity index (χ0v) is 28.4. The van der Waals surface area contributed by atoms with E-state index in [1.165, 1.54) is 23.1 Å². The quantitative estimate of drug-likeness (QED) is 0.201. The van der Waals surface area contributed by atoms with E-state index in [1.807, 2.05) is 44.4 Å². The Balaban J connectivity index is 1.49. The zero-order valence-electron chi connectivity index (χ0n) is 26.9. The summed E-state index contributed by atoms with van der Waals surface area (Å²) in [6.45, 7) is 10.2. The molecule has 1 aromatic heterocycles. The molecule has 5 atom stereocenters. The van der Waals surface area contributed by atoms with Gasteiger partial charge in [0, 0.05) is 53.2 Å². The van der Waals surface area contributed by atoms with Gasteiger partial charge in [0.2, 0.25) is 0 Å². The van der Waals surface area contributed by atoms with Crippen molar-refractivity contribution in [2.24, 2.45) is 11.8 Å². The number of fused-ring (bicyclic) bond motifs is 1. The third kappa shape index (κ3) is 7.98. The number of hydrogen-bond acceptors (Lipinski definition) is 5. The van der Waals surface area contributed by atoms with Crippen molar-refractivity contribution in [2.75, 3.05) is 24.6 Å². The largest absolute Gasteiger partial charge is 0.491 e. The molecule has 1 fully saturated rings. The first-order chi connectivity index (χ1) is 21.8. The first-order valence-electron chi connectivity index (χ1n) is 16.4. The molecular formula is C37H46ClN3O3S. The molecule has 0 spiro atoms. The molecular weight excluding hydrogens is 602 g/mol. The van der Waals surface area contributed by atoms with E-state index in [2.05, 4.69) is 64.9 Å². The summed E-state index contributed by atoms with van der Waals surface area (Å²) in [6.07, 6.45) is 13.8. The van der Waals surface area contributed by atoms with E-state index in [1.54, 1.807) is 6.07 Å². The van der Waals surface area contributed by atoms with Crippen LogP contribution in [0.15, 0.2) is 73.1 Å². The highest BCUT2D eigenvalue weighted by molar-refractivity contribution is 7.84. The average Bonchev–Trinajstić information content (AvgIpc) is 3.20. The van der Waals surface area contributed by atoms with Gasteiger partial charge in [-0.15, -0.1) is 0 Å². The standard InChI is InChI=1S/C37H46ClN3O3S/c1-5-7-9-33(26-16-18-39-19-17-26)34-13-10-29(34)22-41-23-30(32-14-12-31(38)20-27(32)8-6-2)24-44-36-15-11-28(21-35(36)41)37(42)40-45(43)25(3)4/h7,9,11-12,14-21,25,29-30,33-34H,5-6,8,10,13,22-24H2,1-4H3,(H,40,42)/b9-7+. The number of aromatic nitrogens is 1. The molecule has 6 nitrogen and oxygen atoms in total. The number of carbonyl (C=O) groups is 1. The minimum atomic E-state index is -1.45. The van der Waals surface area contributed by atoms with Crippen LogP contribution in [0.1, 0.15) is 92.3 Å². The Labute approximate surface area is 276 Å². The Kier molecular flexibility index (Phi) is 11.4. The minimum Gasteiger partial charge on any atom is -0.491 e. The number of nitrogens with one attached hydrogen (secondary N) is 1. The predicted molar refractivity (Wildman–Crippen MR) is 186 cm³/mol. The third-order valence-corrected chi connectivity index (χ3v) is 10.7. The van der Waals surface area contributed by atoms with Crippen molar-refractivity contribution in [2.45, 2.75) is 76.9 Å². The molecule has 0 bridgehead atoms. The van der Waals surface area contributed by atoms with Gasteiger partial charge in [-0.3, -0.25) is 14.5 Å². The lowest BCUT2D eigenvalue weighted by atomic mass is 9.65. The van der Waals surface area contributed by atoms with Crippen LogP contribution in [0.5, 0.6) is 5.75 Å². The van der Waals surface area contributed by atoms with Gasteiger partial charge in [-0.05, 0) is 111 Å². The molecule has 0 radical (unpaired) electrons. The molecule has 45 heavy (non-hydrogen) atoms. The van der Waals surface area contributed by atoms with Crippen molar-refractivity contribution in [3.8, 4) is 5.75 Å². The number of halogens is 1. The number of allylic oxidation sites excluding steroid dienone is 2. The van der Waals surface area contributed by atoms with Crippen LogP contribution in [-0.4, -0.2) is 40.0 Å². The fourth-order valence-corrected chi connectivity index (χ4v) is 7.40. The van der Waals surface area contributed by atoms with Crippen molar-refractivity contribution >= 4 is 34.2 Å². The monoisotopic (exact) mass is 647 g/mol. The van der Waals surface area contributed by atoms with Crippen LogP contribution in [-0.2, 0) is 17.4 Å². The molecule has 3 aromatic rings. The molecule has 8 heteroatoms. The van der Waals surface area contributed by atoms with E-state index >= 15 is 0 Å². The van der Waals surface area contributed by atoms with Crippen LogP contribution in [0.2, 0.25) is 5.02 Å². The van der Waals surface area contributed by atoms with Gasteiger partial charge in [0.05, 0.1) is 12.3 Å². The molecule has 240 valence electrons. The molecule has 1 N–H and O–H groups in total. The highest BCUT2D eigenvalue weighted by Crippen LogP contribution is 2.47. The summed E-state index contributed by atoms with van der Waals surface area (Å²) >= 11 is 6.44. The molecule has 2 aromatic carbocycles. The first kappa shape index (κ1) is 33.2. The maximum absolute atomic E-state index is 13.2. The lowest BCUT2D eigenvalue weighted by molar-refractivity contribution is 0.0982. The molecule has 5 unspecified atom stereocenters. The Bertz CT molecular complexity index is 1510. The van der Waals surface area contributed by atoms with Gasteiger partial charge in [-0.25, -0.2) is 4.21 Å². The summed E-state index contributed by atoms with van der Waals surface area (Å²) in [7, 11) is -1.45. The number of rotatable bonds is 12. The minimum absolute atomic E-state index is 0.136. The summed E-state index contributed by atoms with van der Waals surface area (Å²) in [5.74, 6) is 1.89. The number of benzene rings is 2. The number of nitrogens with zero attached hydrogens (tertiary/aromatic N) is 2. The number of amides is 1. The second-order valence-corrected chi connectivity index (χ2v) is 14.8. The number of ether oxygens (including phenoxy) is 1. The predicted octanol–water partition coefficient (Wildman–Crippen LogP) is 8.25. The van der Waals surface area contributed by atoms with E-state index < -0.39 is 11.0 Å². The van der Waals surface area contributed by atoms with Crippen molar-refractivity contribution in [1.82, 2.24) is 9.71 Å². The Morgan fingerprint density at radius 3 is 2.62 bits per heavy atom. The highest BCUT2D eigenvalue weighted by atomic mass is 35.5. The molecule has 1 aliphatic heterocycles. The summed E-state index contributed by atoms with van der Waals surface area (Å²) in [5.41, 5.74) is 5.25. The topological polar surface area (TPSA) is 71.5 Å². The van der Waals surface area contributed by atoms with Crippen LogP contribution in [0.25, 0.3) is 0 Å². The molecule has 0 saturated heterocycles. The SMILES string of the molecule is CC/C=C/C(c1ccncc1)C1CCC1CN1CC(c2ccc(Cl)cc2CCC)COc2ccc(C(=O)NS(=O)C(C)C)cc21. The fraction of sp³-hybridized carbons (Fsp3) is 0.459. The van der Waals surface area contributed by atoms with Crippen molar-refractivity contribution in [3.63, 3.8) is 0 Å². The van der Waals surface area contributed by atoms with Gasteiger partial charge in [-0.1, -0.05) is 50.1 Å². The maximum Gasteiger partial charge on any atom is 0.263 e. The van der Waals surface area contributed by atoms with E-state index in [0.717, 1.165) is 55.2 Å². The second-order valence-electron chi connectivity index (χ2n) is 12.6. The van der Waals surface area contributed by atoms with Gasteiger partial charge in [0.15, 0.2) is 0 Å². The molecule has 2 aliphatic rings.